The molecule has 18 heavy (non-hydrogen) atoms. The predicted octanol–water partition coefficient (Wildman–Crippen LogP) is 2.11. The van der Waals surface area contributed by atoms with Gasteiger partial charge in [-0.05, 0) is 0 Å². The molecule has 0 amide bonds. The van der Waals surface area contributed by atoms with E-state index in [-0.39, 0.29) is 30.7 Å². The van der Waals surface area contributed by atoms with Crippen molar-refractivity contribution in [1.82, 2.24) is 0 Å². The summed E-state index contributed by atoms with van der Waals surface area (Å²) in [6.07, 6.45) is -0.481. The Morgan fingerprint density at radius 3 is 2.67 bits per heavy atom. The molecule has 98 valence electrons. The smallest absolute Gasteiger partial charge is 0.184 e. The number of ether oxygens (including phenoxy) is 4. The molecule has 0 N–H and O–H groups in total. The highest BCUT2D eigenvalue weighted by Crippen LogP contribution is 2.37. The molecule has 0 radical (unpaired) electrons. The Morgan fingerprint density at radius 1 is 1.17 bits per heavy atom. The van der Waals surface area contributed by atoms with Crippen molar-refractivity contribution in [3.05, 3.63) is 35.9 Å². The maximum atomic E-state index is 6.01. The highest BCUT2D eigenvalue weighted by atomic mass is 16.7. The van der Waals surface area contributed by atoms with Gasteiger partial charge in [0, 0.05) is 18.6 Å². The van der Waals surface area contributed by atoms with Gasteiger partial charge in [-0.1, -0.05) is 37.3 Å². The SMILES string of the molecule is CO[C@H]1OC2CO[C@H](c3ccccc3)OC2C1C. The third-order valence-corrected chi connectivity index (χ3v) is 3.62. The maximum absolute atomic E-state index is 6.01. The molecule has 0 aliphatic carbocycles. The molecule has 0 spiro atoms. The first-order valence-electron chi connectivity index (χ1n) is 6.30. The third kappa shape index (κ3) is 2.06. The fourth-order valence-electron chi connectivity index (χ4n) is 2.63. The normalized spacial score (nSPS) is 39.6. The monoisotopic (exact) mass is 250 g/mol. The molecule has 3 unspecified atom stereocenters. The highest BCUT2D eigenvalue weighted by molar-refractivity contribution is 5.16. The van der Waals surface area contributed by atoms with Gasteiger partial charge in [-0.2, -0.15) is 0 Å². The number of benzene rings is 1. The Morgan fingerprint density at radius 2 is 1.94 bits per heavy atom. The van der Waals surface area contributed by atoms with E-state index in [0.29, 0.717) is 6.61 Å². The van der Waals surface area contributed by atoms with Crippen LogP contribution in [0.1, 0.15) is 18.8 Å². The van der Waals surface area contributed by atoms with Gasteiger partial charge in [0.2, 0.25) is 0 Å². The Labute approximate surface area is 107 Å². The molecule has 0 bridgehead atoms. The van der Waals surface area contributed by atoms with Gasteiger partial charge in [-0.25, -0.2) is 0 Å². The van der Waals surface area contributed by atoms with Gasteiger partial charge >= 0.3 is 0 Å². The van der Waals surface area contributed by atoms with Crippen molar-refractivity contribution in [3.63, 3.8) is 0 Å². The largest absolute Gasteiger partial charge is 0.355 e. The summed E-state index contributed by atoms with van der Waals surface area (Å²) in [6.45, 7) is 2.64. The minimum absolute atomic E-state index is 0.0232. The molecule has 3 rings (SSSR count). The van der Waals surface area contributed by atoms with Gasteiger partial charge in [0.25, 0.3) is 0 Å². The molecule has 2 heterocycles. The summed E-state index contributed by atoms with van der Waals surface area (Å²) in [4.78, 5) is 0. The van der Waals surface area contributed by atoms with Crippen molar-refractivity contribution in [1.29, 1.82) is 0 Å². The summed E-state index contributed by atoms with van der Waals surface area (Å²) in [7, 11) is 1.66. The van der Waals surface area contributed by atoms with Crippen molar-refractivity contribution in [2.24, 2.45) is 5.92 Å². The zero-order valence-electron chi connectivity index (χ0n) is 10.6. The molecule has 2 saturated heterocycles. The molecule has 0 aromatic heterocycles. The molecule has 2 aliphatic rings. The van der Waals surface area contributed by atoms with E-state index in [2.05, 4.69) is 6.92 Å². The van der Waals surface area contributed by atoms with Crippen LogP contribution in [0.5, 0.6) is 0 Å². The van der Waals surface area contributed by atoms with Gasteiger partial charge in [0.05, 0.1) is 12.7 Å². The molecule has 0 saturated carbocycles. The minimum Gasteiger partial charge on any atom is -0.355 e. The van der Waals surface area contributed by atoms with E-state index in [0.717, 1.165) is 5.56 Å². The van der Waals surface area contributed by atoms with Crippen molar-refractivity contribution in [2.45, 2.75) is 31.7 Å². The molecule has 5 atom stereocenters. The lowest BCUT2D eigenvalue weighted by Gasteiger charge is -2.33. The van der Waals surface area contributed by atoms with Crippen molar-refractivity contribution < 1.29 is 18.9 Å². The quantitative estimate of drug-likeness (QED) is 0.805. The molecular weight excluding hydrogens is 232 g/mol. The van der Waals surface area contributed by atoms with E-state index in [9.17, 15) is 0 Å². The fraction of sp³-hybridized carbons (Fsp3) is 0.571. The van der Waals surface area contributed by atoms with E-state index in [4.69, 9.17) is 18.9 Å². The van der Waals surface area contributed by atoms with Crippen LogP contribution in [0, 0.1) is 5.92 Å². The van der Waals surface area contributed by atoms with Gasteiger partial charge < -0.3 is 18.9 Å². The van der Waals surface area contributed by atoms with Crippen molar-refractivity contribution in [2.75, 3.05) is 13.7 Å². The van der Waals surface area contributed by atoms with Crippen LogP contribution in [-0.2, 0) is 18.9 Å². The first kappa shape index (κ1) is 12.1. The number of hydrogen-bond acceptors (Lipinski definition) is 4. The molecule has 1 aromatic rings. The number of fused-ring (bicyclic) bond motifs is 1. The van der Waals surface area contributed by atoms with Crippen LogP contribution in [0.15, 0.2) is 30.3 Å². The van der Waals surface area contributed by atoms with Crippen LogP contribution in [0.4, 0.5) is 0 Å². The number of rotatable bonds is 2. The van der Waals surface area contributed by atoms with Crippen LogP contribution in [-0.4, -0.2) is 32.2 Å². The lowest BCUT2D eigenvalue weighted by Crippen LogP contribution is -2.39. The Hall–Kier alpha value is -0.940. The molecule has 2 fully saturated rings. The predicted molar refractivity (Wildman–Crippen MR) is 64.8 cm³/mol. The second kappa shape index (κ2) is 4.97. The molecule has 4 heteroatoms. The summed E-state index contributed by atoms with van der Waals surface area (Å²) in [5.74, 6) is 0.218. The van der Waals surface area contributed by atoms with Crippen LogP contribution >= 0.6 is 0 Å². The van der Waals surface area contributed by atoms with E-state index in [1.54, 1.807) is 7.11 Å². The standard InChI is InChI=1S/C14H18O4/c1-9-12-11(17-13(9)15-2)8-16-14(18-12)10-6-4-3-5-7-10/h3-7,9,11-14H,8H2,1-2H3/t9?,11?,12?,13-,14-/m0/s1. The van der Waals surface area contributed by atoms with Crippen LogP contribution in [0.25, 0.3) is 0 Å². The second-order valence-electron chi connectivity index (χ2n) is 4.81. The van der Waals surface area contributed by atoms with E-state index in [1.807, 2.05) is 30.3 Å². The lowest BCUT2D eigenvalue weighted by atomic mass is 10.0. The summed E-state index contributed by atoms with van der Waals surface area (Å²) >= 11 is 0. The topological polar surface area (TPSA) is 36.9 Å². The number of hydrogen-bond donors (Lipinski definition) is 0. The van der Waals surface area contributed by atoms with Gasteiger partial charge in [0.1, 0.15) is 6.10 Å². The van der Waals surface area contributed by atoms with E-state index >= 15 is 0 Å². The van der Waals surface area contributed by atoms with Gasteiger partial charge in [0.15, 0.2) is 12.6 Å². The molecule has 2 aliphatic heterocycles. The van der Waals surface area contributed by atoms with Crippen molar-refractivity contribution in [3.8, 4) is 0 Å². The summed E-state index contributed by atoms with van der Waals surface area (Å²) < 4.78 is 22.8. The molecule has 1 aromatic carbocycles. The Bertz CT molecular complexity index is 392. The third-order valence-electron chi connectivity index (χ3n) is 3.62. The lowest BCUT2D eigenvalue weighted by molar-refractivity contribution is -0.251. The zero-order valence-corrected chi connectivity index (χ0v) is 10.6. The second-order valence-corrected chi connectivity index (χ2v) is 4.81. The summed E-state index contributed by atoms with van der Waals surface area (Å²) in [5, 5.41) is 0. The molecule has 4 nitrogen and oxygen atoms in total. The molecular formula is C14H18O4. The first-order valence-corrected chi connectivity index (χ1v) is 6.30. The minimum atomic E-state index is -0.297. The first-order chi connectivity index (χ1) is 8.79. The average Bonchev–Trinajstić information content (AvgIpc) is 2.76. The van der Waals surface area contributed by atoms with Gasteiger partial charge in [-0.3, -0.25) is 0 Å². The zero-order chi connectivity index (χ0) is 12.5. The number of methoxy groups -OCH3 is 1. The Kier molecular flexibility index (Phi) is 3.35. The fourth-order valence-corrected chi connectivity index (χ4v) is 2.63. The van der Waals surface area contributed by atoms with Crippen LogP contribution in [0.3, 0.4) is 0 Å². The van der Waals surface area contributed by atoms with E-state index in [1.165, 1.54) is 0 Å². The highest BCUT2D eigenvalue weighted by Gasteiger charge is 2.47. The van der Waals surface area contributed by atoms with Gasteiger partial charge in [-0.15, -0.1) is 0 Å². The van der Waals surface area contributed by atoms with Crippen LogP contribution in [0.2, 0.25) is 0 Å². The average molecular weight is 250 g/mol. The Balaban J connectivity index is 1.73. The van der Waals surface area contributed by atoms with Crippen LogP contribution < -0.4 is 0 Å². The summed E-state index contributed by atoms with van der Waals surface area (Å²) in [5.41, 5.74) is 1.05. The van der Waals surface area contributed by atoms with E-state index < -0.39 is 0 Å². The summed E-state index contributed by atoms with van der Waals surface area (Å²) in [6, 6.07) is 9.98. The maximum Gasteiger partial charge on any atom is 0.184 e. The van der Waals surface area contributed by atoms with Crippen molar-refractivity contribution >= 4 is 0 Å².